The first-order chi connectivity index (χ1) is 18.5. The summed E-state index contributed by atoms with van der Waals surface area (Å²) in [6.07, 6.45) is -12.6. The highest BCUT2D eigenvalue weighted by Gasteiger charge is 2.50. The Labute approximate surface area is 227 Å². The van der Waals surface area contributed by atoms with Gasteiger partial charge >= 0.3 is 21.3 Å². The van der Waals surface area contributed by atoms with Crippen molar-refractivity contribution in [1.29, 1.82) is 0 Å². The number of ether oxygens (including phenoxy) is 2. The molecule has 0 radical (unpaired) electrons. The number of thioether (sulfide) groups is 1. The maximum Gasteiger partial charge on any atom is 0.508 e. The molecule has 1 aromatic heterocycles. The van der Waals surface area contributed by atoms with Gasteiger partial charge in [-0.25, -0.2) is 18.8 Å². The molecule has 0 bridgehead atoms. The molecule has 0 amide bonds. The minimum Gasteiger partial charge on any atom is -0.394 e. The topological polar surface area (TPSA) is 303 Å². The van der Waals surface area contributed by atoms with Gasteiger partial charge in [-0.1, -0.05) is 11.8 Å². The minimum atomic E-state index is -5.62. The zero-order valence-corrected chi connectivity index (χ0v) is 22.7. The third-order valence-corrected chi connectivity index (χ3v) is 8.94. The Hall–Kier alpha value is -1.36. The van der Waals surface area contributed by atoms with E-state index in [1.165, 1.54) is 0 Å². The van der Waals surface area contributed by atoms with Crippen LogP contribution < -0.4 is 11.2 Å². The van der Waals surface area contributed by atoms with Gasteiger partial charge in [-0.2, -0.15) is 4.31 Å². The van der Waals surface area contributed by atoms with Gasteiger partial charge in [0.05, 0.1) is 18.0 Å². The minimum absolute atomic E-state index is 0.342. The van der Waals surface area contributed by atoms with Crippen molar-refractivity contribution in [2.75, 3.05) is 13.2 Å². The molecule has 228 valence electrons. The van der Waals surface area contributed by atoms with E-state index < -0.39 is 99.6 Å². The smallest absolute Gasteiger partial charge is 0.394 e. The summed E-state index contributed by atoms with van der Waals surface area (Å²) in [6, 6.07) is 0.942. The first-order valence-corrected chi connectivity index (χ1v) is 14.9. The fourth-order valence-corrected chi connectivity index (χ4v) is 6.58. The van der Waals surface area contributed by atoms with E-state index >= 15 is 0 Å². The number of hydrogen-bond donors (Lipinski definition) is 8. The monoisotopic (exact) mass is 640 g/mol. The number of aromatic nitrogens is 2. The number of carbonyl (C=O) groups excluding carboxylic acids is 1. The van der Waals surface area contributed by atoms with E-state index in [-0.39, 0.29) is 0 Å². The Kier molecular flexibility index (Phi) is 11.0. The molecule has 2 aliphatic heterocycles. The SMILES string of the molecule is CC(=O)S[C@H]1[C@H](OP(=O)(O)OP(=O)(O)OOC[C@H]2O[C@@H](n3ccc(=O)[nH]c3=O)[C@H](O)[C@@H]2O)O[C@H](CO)[C@H](O)[C@@H]1O. The molecule has 23 heteroatoms. The van der Waals surface area contributed by atoms with Crippen molar-refractivity contribution in [2.45, 2.75) is 61.3 Å². The van der Waals surface area contributed by atoms with E-state index in [0.717, 1.165) is 23.8 Å². The first kappa shape index (κ1) is 33.1. The number of phosphoric ester groups is 1. The quantitative estimate of drug-likeness (QED) is 0.0659. The van der Waals surface area contributed by atoms with Crippen molar-refractivity contribution in [1.82, 2.24) is 9.55 Å². The van der Waals surface area contributed by atoms with Crippen LogP contribution in [-0.2, 0) is 41.8 Å². The lowest BCUT2D eigenvalue weighted by Gasteiger charge is -2.41. The van der Waals surface area contributed by atoms with Crippen LogP contribution in [0, 0.1) is 0 Å². The van der Waals surface area contributed by atoms with E-state index in [1.807, 2.05) is 4.98 Å². The van der Waals surface area contributed by atoms with Gasteiger partial charge in [-0.3, -0.25) is 23.7 Å². The van der Waals surface area contributed by atoms with Crippen molar-refractivity contribution in [2.24, 2.45) is 0 Å². The summed E-state index contributed by atoms with van der Waals surface area (Å²) in [7, 11) is -11.2. The highest BCUT2D eigenvalue weighted by molar-refractivity contribution is 8.14. The lowest BCUT2D eigenvalue weighted by atomic mass is 10.0. The third-order valence-electron chi connectivity index (χ3n) is 5.41. The molecule has 2 unspecified atom stereocenters. The van der Waals surface area contributed by atoms with Gasteiger partial charge in [0.1, 0.15) is 37.1 Å². The maximum atomic E-state index is 12.4. The Morgan fingerprint density at radius 3 is 2.30 bits per heavy atom. The van der Waals surface area contributed by atoms with Gasteiger partial charge < -0.3 is 44.8 Å². The second-order valence-corrected chi connectivity index (χ2v) is 12.6. The largest absolute Gasteiger partial charge is 0.508 e. The van der Waals surface area contributed by atoms with Crippen molar-refractivity contribution in [3.05, 3.63) is 33.1 Å². The number of aromatic amines is 1. The summed E-state index contributed by atoms with van der Waals surface area (Å²) in [5.74, 6) is 0. The number of nitrogens with zero attached hydrogens (tertiary/aromatic N) is 1. The van der Waals surface area contributed by atoms with E-state index in [9.17, 15) is 58.8 Å². The highest BCUT2D eigenvalue weighted by Crippen LogP contribution is 2.61. The lowest BCUT2D eigenvalue weighted by Crippen LogP contribution is -2.58. The van der Waals surface area contributed by atoms with Crippen LogP contribution in [0.1, 0.15) is 13.2 Å². The lowest BCUT2D eigenvalue weighted by molar-refractivity contribution is -0.247. The molecule has 8 N–H and O–H groups in total. The molecule has 0 aromatic carbocycles. The fourth-order valence-electron chi connectivity index (χ4n) is 3.64. The molecule has 3 heterocycles. The summed E-state index contributed by atoms with van der Waals surface area (Å²) in [4.78, 5) is 60.7. The summed E-state index contributed by atoms with van der Waals surface area (Å²) in [5.41, 5.74) is -1.72. The molecule has 3 rings (SSSR count). The summed E-state index contributed by atoms with van der Waals surface area (Å²) in [5, 5.41) is 47.6. The number of H-pyrrole nitrogens is 1. The number of rotatable bonds is 11. The van der Waals surface area contributed by atoms with Crippen LogP contribution in [0.3, 0.4) is 0 Å². The van der Waals surface area contributed by atoms with E-state index in [4.69, 9.17) is 9.47 Å². The van der Waals surface area contributed by atoms with Crippen LogP contribution in [0.15, 0.2) is 21.9 Å². The second kappa shape index (κ2) is 13.3. The van der Waals surface area contributed by atoms with Crippen LogP contribution in [0.25, 0.3) is 0 Å². The zero-order chi connectivity index (χ0) is 30.0. The molecule has 40 heavy (non-hydrogen) atoms. The molecule has 11 atom stereocenters. The van der Waals surface area contributed by atoms with Crippen LogP contribution in [0.4, 0.5) is 0 Å². The Morgan fingerprint density at radius 2 is 1.70 bits per heavy atom. The van der Waals surface area contributed by atoms with E-state index in [2.05, 4.69) is 18.4 Å². The first-order valence-electron chi connectivity index (χ1n) is 11.0. The Morgan fingerprint density at radius 1 is 1.05 bits per heavy atom. The molecule has 0 aliphatic carbocycles. The molecule has 0 spiro atoms. The molecule has 1 aromatic rings. The van der Waals surface area contributed by atoms with Crippen molar-refractivity contribution in [3.8, 4) is 0 Å². The Bertz CT molecular complexity index is 1260. The van der Waals surface area contributed by atoms with Crippen LogP contribution >= 0.6 is 27.4 Å². The van der Waals surface area contributed by atoms with E-state index in [1.54, 1.807) is 0 Å². The van der Waals surface area contributed by atoms with Gasteiger partial charge in [-0.15, -0.1) is 4.67 Å². The van der Waals surface area contributed by atoms with Gasteiger partial charge in [0, 0.05) is 19.2 Å². The number of carbonyl (C=O) groups is 1. The average Bonchev–Trinajstić information content (AvgIpc) is 3.11. The average molecular weight is 640 g/mol. The third kappa shape index (κ3) is 8.13. The fraction of sp³-hybridized carbons (Fsp3) is 0.706. The van der Waals surface area contributed by atoms with Crippen molar-refractivity contribution >= 4 is 32.5 Å². The number of nitrogens with one attached hydrogen (secondary N) is 1. The highest BCUT2D eigenvalue weighted by atomic mass is 32.2. The molecule has 0 saturated carbocycles. The van der Waals surface area contributed by atoms with Crippen LogP contribution in [0.5, 0.6) is 0 Å². The van der Waals surface area contributed by atoms with Gasteiger partial charge in [0.15, 0.2) is 17.6 Å². The zero-order valence-electron chi connectivity index (χ0n) is 20.1. The van der Waals surface area contributed by atoms with Gasteiger partial charge in [-0.05, 0) is 0 Å². The molecule has 2 aliphatic rings. The summed E-state index contributed by atoms with van der Waals surface area (Å²) >= 11 is 0.342. The van der Waals surface area contributed by atoms with Crippen molar-refractivity contribution < 1.29 is 77.1 Å². The van der Waals surface area contributed by atoms with Gasteiger partial charge in [0.2, 0.25) is 0 Å². The normalized spacial score (nSPS) is 35.6. The molecule has 2 saturated heterocycles. The summed E-state index contributed by atoms with van der Waals surface area (Å²) in [6.45, 7) is -0.724. The predicted octanol–water partition coefficient (Wildman–Crippen LogP) is -3.57. The van der Waals surface area contributed by atoms with E-state index in [0.29, 0.717) is 11.8 Å². The van der Waals surface area contributed by atoms with Crippen LogP contribution in [-0.4, -0.2) is 111 Å². The molecular weight excluding hydrogens is 614 g/mol. The number of phosphoric acid groups is 2. The number of aliphatic hydroxyl groups excluding tert-OH is 5. The van der Waals surface area contributed by atoms with Crippen LogP contribution in [0.2, 0.25) is 0 Å². The van der Waals surface area contributed by atoms with Gasteiger partial charge in [0.25, 0.3) is 5.56 Å². The molecular formula is C17H26N2O18P2S. The number of aliphatic hydroxyl groups is 5. The standard InChI is InChI=1S/C17H26N2O18P2S/c1-6(21)40-14-12(25)10(23)7(4-20)34-16(14)35-38(28,29)37-39(30,31)36-32-5-8-11(24)13(26)15(33-8)19-3-2-9(22)18-17(19)27/h2-3,7-8,10-16,20,23-26H,4-5H2,1H3,(H,28,29)(H,30,31)(H,18,22,27)/t7-,8-,10+,11-,12+,13-,14-,15-,16+/m1/s1. The maximum absolute atomic E-state index is 12.4. The van der Waals surface area contributed by atoms with Crippen molar-refractivity contribution in [3.63, 3.8) is 0 Å². The molecule has 2 fully saturated rings. The second-order valence-electron chi connectivity index (χ2n) is 8.33. The summed E-state index contributed by atoms with van der Waals surface area (Å²) < 4.78 is 48.5. The molecule has 20 nitrogen and oxygen atoms in total. The Balaban J connectivity index is 1.60. The number of hydrogen-bond acceptors (Lipinski definition) is 17. The predicted molar refractivity (Wildman–Crippen MR) is 126 cm³/mol.